The second-order valence-corrected chi connectivity index (χ2v) is 8.57. The van der Waals surface area contributed by atoms with Crippen LogP contribution in [0.25, 0.3) is 0 Å². The molecular formula is C28H24ClN3O5. The first-order valence-electron chi connectivity index (χ1n) is 11.6. The van der Waals surface area contributed by atoms with Gasteiger partial charge in [-0.3, -0.25) is 14.4 Å². The maximum atomic E-state index is 13.1. The standard InChI is InChI=1S/C28H24ClN3O5/c1-2-15-37-28(36)20-9-6-10-22(16-20)32-26(34)23(29)24(27(32)35)31-21-13-11-19(12-14-21)25(33)30-17-18-7-4-3-5-8-18/h3-14,16,31H,2,15,17H2,1H3,(H,30,33). The molecule has 2 N–H and O–H groups in total. The van der Waals surface area contributed by atoms with Gasteiger partial charge in [-0.2, -0.15) is 0 Å². The van der Waals surface area contributed by atoms with E-state index in [1.54, 1.807) is 30.3 Å². The summed E-state index contributed by atoms with van der Waals surface area (Å²) in [5.41, 5.74) is 2.18. The lowest BCUT2D eigenvalue weighted by Crippen LogP contribution is -2.32. The van der Waals surface area contributed by atoms with Gasteiger partial charge in [-0.1, -0.05) is 54.9 Å². The van der Waals surface area contributed by atoms with E-state index in [4.69, 9.17) is 16.3 Å². The summed E-state index contributed by atoms with van der Waals surface area (Å²) in [6.07, 6.45) is 0.669. The Morgan fingerprint density at radius 3 is 2.32 bits per heavy atom. The highest BCUT2D eigenvalue weighted by molar-refractivity contribution is 6.53. The van der Waals surface area contributed by atoms with E-state index in [0.29, 0.717) is 24.2 Å². The Balaban J connectivity index is 1.43. The number of hydrogen-bond donors (Lipinski definition) is 2. The van der Waals surface area contributed by atoms with Gasteiger partial charge in [-0.05, 0) is 54.4 Å². The summed E-state index contributed by atoms with van der Waals surface area (Å²) < 4.78 is 5.13. The van der Waals surface area contributed by atoms with Gasteiger partial charge >= 0.3 is 5.97 Å². The Labute approximate surface area is 218 Å². The first-order chi connectivity index (χ1) is 17.9. The second-order valence-electron chi connectivity index (χ2n) is 8.19. The van der Waals surface area contributed by atoms with Crippen LogP contribution in [0.3, 0.4) is 0 Å². The van der Waals surface area contributed by atoms with Crippen molar-refractivity contribution in [2.24, 2.45) is 0 Å². The first-order valence-corrected chi connectivity index (χ1v) is 12.0. The van der Waals surface area contributed by atoms with E-state index in [1.807, 2.05) is 37.3 Å². The molecule has 188 valence electrons. The molecule has 0 saturated heterocycles. The Morgan fingerprint density at radius 2 is 1.62 bits per heavy atom. The number of nitrogens with one attached hydrogen (secondary N) is 2. The van der Waals surface area contributed by atoms with Crippen molar-refractivity contribution in [2.75, 3.05) is 16.8 Å². The van der Waals surface area contributed by atoms with E-state index in [1.165, 1.54) is 18.2 Å². The number of imide groups is 1. The van der Waals surface area contributed by atoms with Crippen molar-refractivity contribution in [3.63, 3.8) is 0 Å². The molecule has 3 aromatic carbocycles. The van der Waals surface area contributed by atoms with Crippen molar-refractivity contribution in [3.05, 3.63) is 106 Å². The number of carbonyl (C=O) groups is 4. The molecule has 37 heavy (non-hydrogen) atoms. The first kappa shape index (κ1) is 25.7. The van der Waals surface area contributed by atoms with Crippen LogP contribution in [0.4, 0.5) is 11.4 Å². The number of halogens is 1. The number of esters is 1. The molecule has 0 radical (unpaired) electrons. The molecule has 0 atom stereocenters. The number of rotatable bonds is 9. The topological polar surface area (TPSA) is 105 Å². The molecule has 0 aliphatic carbocycles. The van der Waals surface area contributed by atoms with Crippen molar-refractivity contribution in [1.82, 2.24) is 5.32 Å². The number of nitrogens with zero attached hydrogens (tertiary/aromatic N) is 1. The Morgan fingerprint density at radius 1 is 0.892 bits per heavy atom. The lowest BCUT2D eigenvalue weighted by Gasteiger charge is -2.16. The minimum atomic E-state index is -0.717. The lowest BCUT2D eigenvalue weighted by molar-refractivity contribution is -0.120. The monoisotopic (exact) mass is 517 g/mol. The number of ether oxygens (including phenoxy) is 1. The number of amides is 3. The quantitative estimate of drug-likeness (QED) is 0.317. The lowest BCUT2D eigenvalue weighted by atomic mass is 10.1. The van der Waals surface area contributed by atoms with Gasteiger partial charge in [0.15, 0.2) is 0 Å². The Hall–Kier alpha value is -4.43. The van der Waals surface area contributed by atoms with Crippen molar-refractivity contribution < 1.29 is 23.9 Å². The number of benzene rings is 3. The van der Waals surface area contributed by atoms with Crippen LogP contribution in [0.15, 0.2) is 89.6 Å². The van der Waals surface area contributed by atoms with Crippen LogP contribution in [0.5, 0.6) is 0 Å². The number of carbonyl (C=O) groups excluding carboxylic acids is 4. The van der Waals surface area contributed by atoms with Crippen LogP contribution >= 0.6 is 11.6 Å². The van der Waals surface area contributed by atoms with Crippen LogP contribution < -0.4 is 15.5 Å². The normalized spacial score (nSPS) is 13.1. The van der Waals surface area contributed by atoms with E-state index >= 15 is 0 Å². The maximum absolute atomic E-state index is 13.1. The molecule has 0 bridgehead atoms. The van der Waals surface area contributed by atoms with Crippen LogP contribution in [0.1, 0.15) is 39.6 Å². The molecule has 1 aliphatic heterocycles. The average Bonchev–Trinajstić information content (AvgIpc) is 3.14. The summed E-state index contributed by atoms with van der Waals surface area (Å²) in [4.78, 5) is 51.5. The summed E-state index contributed by atoms with van der Waals surface area (Å²) in [5, 5.41) is 5.44. The number of hydrogen-bond acceptors (Lipinski definition) is 6. The third-order valence-corrected chi connectivity index (χ3v) is 5.87. The summed E-state index contributed by atoms with van der Waals surface area (Å²) >= 11 is 6.22. The highest BCUT2D eigenvalue weighted by Gasteiger charge is 2.39. The average molecular weight is 518 g/mol. The van der Waals surface area contributed by atoms with Crippen LogP contribution in [0.2, 0.25) is 0 Å². The maximum Gasteiger partial charge on any atom is 0.338 e. The van der Waals surface area contributed by atoms with Crippen molar-refractivity contribution in [3.8, 4) is 0 Å². The minimum Gasteiger partial charge on any atom is -0.462 e. The van der Waals surface area contributed by atoms with Crippen molar-refractivity contribution >= 4 is 46.7 Å². The van der Waals surface area contributed by atoms with Gasteiger partial charge in [0.25, 0.3) is 17.7 Å². The molecule has 1 aliphatic rings. The van der Waals surface area contributed by atoms with Gasteiger partial charge in [0.2, 0.25) is 0 Å². The van der Waals surface area contributed by atoms with E-state index in [0.717, 1.165) is 10.5 Å². The van der Waals surface area contributed by atoms with Gasteiger partial charge in [0.1, 0.15) is 10.7 Å². The zero-order valence-electron chi connectivity index (χ0n) is 20.0. The van der Waals surface area contributed by atoms with Gasteiger partial charge in [0, 0.05) is 17.8 Å². The molecule has 0 unspecified atom stereocenters. The third-order valence-electron chi connectivity index (χ3n) is 5.52. The predicted molar refractivity (Wildman–Crippen MR) is 140 cm³/mol. The summed E-state index contributed by atoms with van der Waals surface area (Å²) in [7, 11) is 0. The van der Waals surface area contributed by atoms with E-state index < -0.39 is 17.8 Å². The largest absolute Gasteiger partial charge is 0.462 e. The van der Waals surface area contributed by atoms with Crippen molar-refractivity contribution in [2.45, 2.75) is 19.9 Å². The molecule has 0 spiro atoms. The van der Waals surface area contributed by atoms with Gasteiger partial charge in [0.05, 0.1) is 17.9 Å². The summed E-state index contributed by atoms with van der Waals surface area (Å²) in [6.45, 7) is 2.54. The van der Waals surface area contributed by atoms with E-state index in [-0.39, 0.29) is 34.5 Å². The second kappa shape index (κ2) is 11.5. The highest BCUT2D eigenvalue weighted by Crippen LogP contribution is 2.30. The molecular weight excluding hydrogens is 494 g/mol. The van der Waals surface area contributed by atoms with E-state index in [9.17, 15) is 19.2 Å². The Bertz CT molecular complexity index is 1370. The zero-order valence-corrected chi connectivity index (χ0v) is 20.7. The van der Waals surface area contributed by atoms with Gasteiger partial charge in [-0.25, -0.2) is 9.69 Å². The molecule has 4 rings (SSSR count). The molecule has 3 amide bonds. The number of anilines is 2. The summed E-state index contributed by atoms with van der Waals surface area (Å²) in [5.74, 6) is -2.18. The van der Waals surface area contributed by atoms with E-state index in [2.05, 4.69) is 10.6 Å². The molecule has 8 nitrogen and oxygen atoms in total. The van der Waals surface area contributed by atoms with Gasteiger partial charge < -0.3 is 15.4 Å². The molecule has 9 heteroatoms. The molecule has 1 heterocycles. The fraction of sp³-hybridized carbons (Fsp3) is 0.143. The Kier molecular flexibility index (Phi) is 8.00. The fourth-order valence-electron chi connectivity index (χ4n) is 3.63. The van der Waals surface area contributed by atoms with Crippen molar-refractivity contribution in [1.29, 1.82) is 0 Å². The summed E-state index contributed by atoms with van der Waals surface area (Å²) in [6, 6.07) is 22.0. The fourth-order valence-corrected chi connectivity index (χ4v) is 3.84. The SMILES string of the molecule is CCCOC(=O)c1cccc(N2C(=O)C(Cl)=C(Nc3ccc(C(=O)NCc4ccccc4)cc3)C2=O)c1. The minimum absolute atomic E-state index is 0.105. The third kappa shape index (κ3) is 5.87. The predicted octanol–water partition coefficient (Wildman–Crippen LogP) is 4.62. The molecule has 0 saturated carbocycles. The molecule has 0 aromatic heterocycles. The van der Waals surface area contributed by atoms with Crippen LogP contribution in [-0.2, 0) is 20.9 Å². The molecule has 0 fully saturated rings. The van der Waals surface area contributed by atoms with Crippen LogP contribution in [-0.4, -0.2) is 30.3 Å². The van der Waals surface area contributed by atoms with Gasteiger partial charge in [-0.15, -0.1) is 0 Å². The van der Waals surface area contributed by atoms with Crippen LogP contribution in [0, 0.1) is 0 Å². The molecule has 3 aromatic rings. The smallest absolute Gasteiger partial charge is 0.338 e. The highest BCUT2D eigenvalue weighted by atomic mass is 35.5. The zero-order chi connectivity index (χ0) is 26.4.